The molecule has 1 fully saturated rings. The van der Waals surface area contributed by atoms with Crippen molar-refractivity contribution in [1.82, 2.24) is 20.4 Å². The van der Waals surface area contributed by atoms with Crippen molar-refractivity contribution in [2.24, 2.45) is 5.73 Å². The van der Waals surface area contributed by atoms with Crippen LogP contribution in [0.5, 0.6) is 0 Å². The van der Waals surface area contributed by atoms with Crippen LogP contribution < -0.4 is 16.1 Å². The van der Waals surface area contributed by atoms with Crippen molar-refractivity contribution in [3.05, 3.63) is 65.3 Å². The molecule has 0 bridgehead atoms. The van der Waals surface area contributed by atoms with Crippen LogP contribution in [0.4, 0.5) is 14.6 Å². The number of allylic oxidation sites excluding steroid dienone is 1. The van der Waals surface area contributed by atoms with Gasteiger partial charge in [-0.3, -0.25) is 9.80 Å². The lowest BCUT2D eigenvalue weighted by atomic mass is 10.0. The van der Waals surface area contributed by atoms with Crippen molar-refractivity contribution < 1.29 is 13.6 Å². The molecule has 4 rings (SSSR count). The van der Waals surface area contributed by atoms with E-state index in [2.05, 4.69) is 15.4 Å². The minimum Gasteiger partial charge on any atom is -0.351 e. The number of hydrazine groups is 1. The minimum absolute atomic E-state index is 0.00604. The zero-order chi connectivity index (χ0) is 20.8. The Labute approximate surface area is 167 Å². The normalized spacial score (nSPS) is 21.9. The number of benzene rings is 1. The summed E-state index contributed by atoms with van der Waals surface area (Å²) in [6, 6.07) is 6.36. The molecule has 2 aliphatic rings. The Morgan fingerprint density at radius 3 is 2.69 bits per heavy atom. The van der Waals surface area contributed by atoms with Crippen LogP contribution in [0.3, 0.4) is 0 Å². The van der Waals surface area contributed by atoms with Crippen molar-refractivity contribution in [1.29, 1.82) is 0 Å². The molecule has 7 nitrogen and oxygen atoms in total. The van der Waals surface area contributed by atoms with Gasteiger partial charge in [0.15, 0.2) is 23.2 Å². The Kier molecular flexibility index (Phi) is 4.79. The molecule has 9 heteroatoms. The van der Waals surface area contributed by atoms with Gasteiger partial charge in [-0.25, -0.2) is 24.2 Å². The molecular weight excluding hydrogens is 378 g/mol. The van der Waals surface area contributed by atoms with Crippen LogP contribution in [0, 0.1) is 11.6 Å². The van der Waals surface area contributed by atoms with Crippen LogP contribution in [0.2, 0.25) is 0 Å². The molecule has 3 heterocycles. The second-order valence-corrected chi connectivity index (χ2v) is 7.61. The number of Topliss-reactive ketones (excluding diaryl/α,β-unsaturated/α-hetero) is 1. The van der Waals surface area contributed by atoms with Crippen LogP contribution in [0.1, 0.15) is 25.2 Å². The summed E-state index contributed by atoms with van der Waals surface area (Å²) >= 11 is 0. The van der Waals surface area contributed by atoms with E-state index in [9.17, 15) is 13.6 Å². The number of carbonyl (C=O) groups is 1. The molecule has 3 N–H and O–H groups in total. The zero-order valence-electron chi connectivity index (χ0n) is 16.2. The quantitative estimate of drug-likeness (QED) is 0.788. The first-order valence-electron chi connectivity index (χ1n) is 9.33. The first-order valence-corrected chi connectivity index (χ1v) is 9.33. The smallest absolute Gasteiger partial charge is 0.183 e. The molecular formula is C20H22F2N6O. The fourth-order valence-electron chi connectivity index (χ4n) is 3.57. The summed E-state index contributed by atoms with van der Waals surface area (Å²) in [5, 5.41) is 1.58. The maximum absolute atomic E-state index is 14.2. The van der Waals surface area contributed by atoms with E-state index in [1.165, 1.54) is 13.0 Å². The van der Waals surface area contributed by atoms with Gasteiger partial charge in [0.05, 0.1) is 18.4 Å². The van der Waals surface area contributed by atoms with E-state index in [0.717, 1.165) is 6.20 Å². The number of ketones is 1. The number of carbonyl (C=O) groups excluding carboxylic acids is 1. The third-order valence-corrected chi connectivity index (χ3v) is 5.13. The average molecular weight is 400 g/mol. The summed E-state index contributed by atoms with van der Waals surface area (Å²) < 4.78 is 28.4. The molecule has 2 aliphatic heterocycles. The van der Waals surface area contributed by atoms with E-state index in [1.54, 1.807) is 41.1 Å². The van der Waals surface area contributed by atoms with E-state index in [-0.39, 0.29) is 30.0 Å². The minimum atomic E-state index is -0.957. The van der Waals surface area contributed by atoms with Crippen molar-refractivity contribution in [3.63, 3.8) is 0 Å². The number of nitrogens with two attached hydrogens (primary N) is 1. The van der Waals surface area contributed by atoms with Crippen molar-refractivity contribution in [2.75, 3.05) is 18.0 Å². The number of rotatable bonds is 5. The molecule has 1 unspecified atom stereocenters. The van der Waals surface area contributed by atoms with Crippen LogP contribution in [0.25, 0.3) is 0 Å². The highest BCUT2D eigenvalue weighted by Crippen LogP contribution is 2.32. The molecule has 1 saturated heterocycles. The fraction of sp³-hybridized carbons (Fsp3) is 0.350. The van der Waals surface area contributed by atoms with Crippen molar-refractivity contribution in [3.8, 4) is 0 Å². The highest BCUT2D eigenvalue weighted by atomic mass is 19.1. The maximum atomic E-state index is 14.2. The monoisotopic (exact) mass is 400 g/mol. The Bertz CT molecular complexity index is 991. The largest absolute Gasteiger partial charge is 0.351 e. The summed E-state index contributed by atoms with van der Waals surface area (Å²) in [7, 11) is 0. The van der Waals surface area contributed by atoms with E-state index >= 15 is 0 Å². The van der Waals surface area contributed by atoms with Gasteiger partial charge in [0.25, 0.3) is 0 Å². The van der Waals surface area contributed by atoms with Crippen molar-refractivity contribution >= 4 is 11.6 Å². The van der Waals surface area contributed by atoms with Gasteiger partial charge in [-0.05, 0) is 19.1 Å². The summed E-state index contributed by atoms with van der Waals surface area (Å²) in [5.74, 6) is -0.579. The van der Waals surface area contributed by atoms with Crippen LogP contribution in [-0.4, -0.2) is 39.9 Å². The number of nitrogens with one attached hydrogen (secondary N) is 1. The Morgan fingerprint density at radius 1 is 1.31 bits per heavy atom. The highest BCUT2D eigenvalue weighted by Gasteiger charge is 2.39. The second-order valence-electron chi connectivity index (χ2n) is 7.61. The van der Waals surface area contributed by atoms with E-state index in [0.29, 0.717) is 30.2 Å². The van der Waals surface area contributed by atoms with Crippen LogP contribution in [0.15, 0.2) is 42.2 Å². The lowest BCUT2D eigenvalue weighted by molar-refractivity contribution is -0.115. The zero-order valence-corrected chi connectivity index (χ0v) is 16.2. The molecule has 0 amide bonds. The topological polar surface area (TPSA) is 87.4 Å². The number of hydrogen-bond acceptors (Lipinski definition) is 7. The van der Waals surface area contributed by atoms with Gasteiger partial charge in [0, 0.05) is 31.6 Å². The first kappa shape index (κ1) is 19.4. The van der Waals surface area contributed by atoms with Gasteiger partial charge < -0.3 is 10.6 Å². The van der Waals surface area contributed by atoms with E-state index in [4.69, 9.17) is 5.73 Å². The van der Waals surface area contributed by atoms with Crippen molar-refractivity contribution in [2.45, 2.75) is 32.0 Å². The van der Waals surface area contributed by atoms with Crippen LogP contribution >= 0.6 is 0 Å². The molecule has 0 spiro atoms. The molecule has 0 aliphatic carbocycles. The summed E-state index contributed by atoms with van der Waals surface area (Å²) in [6.45, 7) is 4.40. The lowest BCUT2D eigenvalue weighted by Crippen LogP contribution is -2.56. The second kappa shape index (κ2) is 7.16. The number of halogens is 2. The fourth-order valence-corrected chi connectivity index (χ4v) is 3.57. The molecule has 29 heavy (non-hydrogen) atoms. The third kappa shape index (κ3) is 3.58. The predicted molar refractivity (Wildman–Crippen MR) is 103 cm³/mol. The number of anilines is 1. The molecule has 0 saturated carbocycles. The number of nitrogens with zero attached hydrogens (tertiary/aromatic N) is 4. The Balaban J connectivity index is 1.65. The van der Waals surface area contributed by atoms with Gasteiger partial charge in [-0.2, -0.15) is 0 Å². The summed E-state index contributed by atoms with van der Waals surface area (Å²) in [5.41, 5.74) is 8.83. The van der Waals surface area contributed by atoms with Gasteiger partial charge in [-0.1, -0.05) is 18.2 Å². The first-order chi connectivity index (χ1) is 13.8. The molecule has 1 aromatic carbocycles. The Morgan fingerprint density at radius 2 is 2.03 bits per heavy atom. The molecule has 2 aromatic rings. The molecule has 1 atom stereocenters. The third-order valence-electron chi connectivity index (χ3n) is 5.13. The van der Waals surface area contributed by atoms with Crippen LogP contribution in [-0.2, 0) is 16.9 Å². The standard InChI is InChI=1S/C20H22F2N6O/c1-12(29)17-7-20(2,26-28(17)9-13-5-3-4-6-15(13)21)19-24-8-16(22)18(25-19)27-10-14(23)11-27/h3-8,14,26H,9-11,23H2,1-2H3. The summed E-state index contributed by atoms with van der Waals surface area (Å²) in [6.07, 6.45) is 2.81. The van der Waals surface area contributed by atoms with Gasteiger partial charge >= 0.3 is 0 Å². The predicted octanol–water partition coefficient (Wildman–Crippen LogP) is 1.61. The van der Waals surface area contributed by atoms with E-state index in [1.807, 2.05) is 0 Å². The number of hydrogen-bond donors (Lipinski definition) is 2. The average Bonchev–Trinajstić information content (AvgIpc) is 2.99. The molecule has 0 radical (unpaired) electrons. The van der Waals surface area contributed by atoms with Gasteiger partial charge in [-0.15, -0.1) is 0 Å². The summed E-state index contributed by atoms with van der Waals surface area (Å²) in [4.78, 5) is 22.5. The maximum Gasteiger partial charge on any atom is 0.183 e. The molecule has 152 valence electrons. The SMILES string of the molecule is CC(=O)C1=CC(C)(c2ncc(F)c(N3CC(N)C3)n2)NN1Cc1ccccc1F. The van der Waals surface area contributed by atoms with Gasteiger partial charge in [0.2, 0.25) is 0 Å². The molecule has 1 aromatic heterocycles. The number of aromatic nitrogens is 2. The van der Waals surface area contributed by atoms with E-state index < -0.39 is 11.4 Å². The lowest BCUT2D eigenvalue weighted by Gasteiger charge is -2.38. The highest BCUT2D eigenvalue weighted by molar-refractivity contribution is 5.93. The Hall–Kier alpha value is -2.91. The van der Waals surface area contributed by atoms with Gasteiger partial charge in [0.1, 0.15) is 11.4 Å².